The van der Waals surface area contributed by atoms with Crippen molar-refractivity contribution in [3.05, 3.63) is 34.9 Å². The zero-order valence-electron chi connectivity index (χ0n) is 13.0. The van der Waals surface area contributed by atoms with Crippen molar-refractivity contribution in [2.45, 2.75) is 50.5 Å². The maximum atomic E-state index is 12.7. The summed E-state index contributed by atoms with van der Waals surface area (Å²) in [7, 11) is 0. The standard InChI is InChI=1S/C18H25ClN2O/c19-16-6-4-15(5-7-16)18(10-2-1-3-11-18)21-17(22)14-8-12-20-13-9-14/h4-7,14,20H,1-3,8-13H2,(H,21,22). The van der Waals surface area contributed by atoms with Crippen LogP contribution in [0.1, 0.15) is 50.5 Å². The number of carbonyl (C=O) groups is 1. The average molecular weight is 321 g/mol. The third kappa shape index (κ3) is 3.47. The SMILES string of the molecule is O=C(NC1(c2ccc(Cl)cc2)CCCCC1)C1CCNCC1. The molecule has 2 aliphatic rings. The molecule has 0 unspecified atom stereocenters. The largest absolute Gasteiger partial charge is 0.346 e. The Labute approximate surface area is 137 Å². The Bertz CT molecular complexity index is 502. The second-order valence-electron chi connectivity index (χ2n) is 6.66. The van der Waals surface area contributed by atoms with Crippen LogP contribution in [0.25, 0.3) is 0 Å². The van der Waals surface area contributed by atoms with E-state index in [4.69, 9.17) is 11.6 Å². The van der Waals surface area contributed by atoms with E-state index in [1.54, 1.807) is 0 Å². The highest BCUT2D eigenvalue weighted by molar-refractivity contribution is 6.30. The molecule has 1 heterocycles. The molecule has 1 aliphatic heterocycles. The van der Waals surface area contributed by atoms with Gasteiger partial charge < -0.3 is 10.6 Å². The molecule has 0 atom stereocenters. The van der Waals surface area contributed by atoms with E-state index in [9.17, 15) is 4.79 Å². The van der Waals surface area contributed by atoms with Gasteiger partial charge in [0.15, 0.2) is 0 Å². The lowest BCUT2D eigenvalue weighted by molar-refractivity contribution is -0.128. The van der Waals surface area contributed by atoms with E-state index in [2.05, 4.69) is 22.8 Å². The van der Waals surface area contributed by atoms with Gasteiger partial charge in [0, 0.05) is 10.9 Å². The van der Waals surface area contributed by atoms with Gasteiger partial charge in [-0.15, -0.1) is 0 Å². The molecule has 120 valence electrons. The van der Waals surface area contributed by atoms with Crippen LogP contribution >= 0.6 is 11.6 Å². The van der Waals surface area contributed by atoms with E-state index in [1.807, 2.05) is 12.1 Å². The molecule has 0 aromatic heterocycles. The fourth-order valence-electron chi connectivity index (χ4n) is 3.83. The van der Waals surface area contributed by atoms with Gasteiger partial charge in [0.1, 0.15) is 0 Å². The summed E-state index contributed by atoms with van der Waals surface area (Å²) in [5.74, 6) is 0.394. The lowest BCUT2D eigenvalue weighted by Crippen LogP contribution is -2.50. The van der Waals surface area contributed by atoms with Gasteiger partial charge in [-0.1, -0.05) is 43.0 Å². The maximum Gasteiger partial charge on any atom is 0.223 e. The predicted molar refractivity (Wildman–Crippen MR) is 90.0 cm³/mol. The van der Waals surface area contributed by atoms with Crippen LogP contribution in [0, 0.1) is 5.92 Å². The molecule has 1 aromatic rings. The Morgan fingerprint density at radius 2 is 1.73 bits per heavy atom. The number of hydrogen-bond donors (Lipinski definition) is 2. The van der Waals surface area contributed by atoms with Crippen molar-refractivity contribution in [1.82, 2.24) is 10.6 Å². The minimum atomic E-state index is -0.190. The normalized spacial score (nSPS) is 22.2. The molecule has 1 saturated carbocycles. The molecule has 3 rings (SSSR count). The molecule has 0 spiro atoms. The van der Waals surface area contributed by atoms with Gasteiger partial charge in [-0.05, 0) is 56.5 Å². The van der Waals surface area contributed by atoms with Gasteiger partial charge in [0.05, 0.1) is 5.54 Å². The predicted octanol–water partition coefficient (Wildman–Crippen LogP) is 3.62. The summed E-state index contributed by atoms with van der Waals surface area (Å²) in [4.78, 5) is 12.7. The topological polar surface area (TPSA) is 41.1 Å². The molecule has 1 aromatic carbocycles. The Balaban J connectivity index is 1.79. The summed E-state index contributed by atoms with van der Waals surface area (Å²) in [5, 5.41) is 7.50. The first-order valence-corrected chi connectivity index (χ1v) is 8.86. The summed E-state index contributed by atoms with van der Waals surface area (Å²) >= 11 is 6.03. The number of nitrogens with one attached hydrogen (secondary N) is 2. The molecule has 1 amide bonds. The Kier molecular flexibility index (Phi) is 5.04. The van der Waals surface area contributed by atoms with Gasteiger partial charge in [0.2, 0.25) is 5.91 Å². The maximum absolute atomic E-state index is 12.7. The van der Waals surface area contributed by atoms with Crippen LogP contribution in [-0.4, -0.2) is 19.0 Å². The Hall–Kier alpha value is -1.06. The summed E-state index contributed by atoms with van der Waals surface area (Å²) in [6.07, 6.45) is 7.57. The van der Waals surface area contributed by atoms with E-state index in [-0.39, 0.29) is 17.4 Å². The summed E-state index contributed by atoms with van der Waals surface area (Å²) < 4.78 is 0. The minimum absolute atomic E-state index is 0.160. The minimum Gasteiger partial charge on any atom is -0.346 e. The number of benzene rings is 1. The smallest absolute Gasteiger partial charge is 0.223 e. The number of carbonyl (C=O) groups excluding carboxylic acids is 1. The van der Waals surface area contributed by atoms with E-state index in [0.717, 1.165) is 43.8 Å². The first kappa shape index (κ1) is 15.8. The lowest BCUT2D eigenvalue weighted by Gasteiger charge is -2.40. The van der Waals surface area contributed by atoms with Crippen molar-refractivity contribution in [2.75, 3.05) is 13.1 Å². The van der Waals surface area contributed by atoms with Gasteiger partial charge in [-0.2, -0.15) is 0 Å². The molecule has 1 aliphatic carbocycles. The average Bonchev–Trinajstić information content (AvgIpc) is 2.57. The van der Waals surface area contributed by atoms with E-state index in [0.29, 0.717) is 0 Å². The van der Waals surface area contributed by atoms with Crippen LogP contribution < -0.4 is 10.6 Å². The molecule has 2 fully saturated rings. The number of piperidine rings is 1. The van der Waals surface area contributed by atoms with E-state index < -0.39 is 0 Å². The second-order valence-corrected chi connectivity index (χ2v) is 7.10. The molecule has 1 saturated heterocycles. The highest BCUT2D eigenvalue weighted by atomic mass is 35.5. The highest BCUT2D eigenvalue weighted by Gasteiger charge is 2.37. The molecule has 2 N–H and O–H groups in total. The molecule has 22 heavy (non-hydrogen) atoms. The van der Waals surface area contributed by atoms with Gasteiger partial charge in [-0.3, -0.25) is 4.79 Å². The van der Waals surface area contributed by atoms with Gasteiger partial charge in [0.25, 0.3) is 0 Å². The van der Waals surface area contributed by atoms with Crippen molar-refractivity contribution in [1.29, 1.82) is 0 Å². The van der Waals surface area contributed by atoms with Crippen LogP contribution in [0.15, 0.2) is 24.3 Å². The summed E-state index contributed by atoms with van der Waals surface area (Å²) in [6, 6.07) is 8.03. The molecule has 0 radical (unpaired) electrons. The van der Waals surface area contributed by atoms with E-state index in [1.165, 1.54) is 24.8 Å². The lowest BCUT2D eigenvalue weighted by atomic mass is 9.76. The first-order chi connectivity index (χ1) is 10.7. The third-order valence-electron chi connectivity index (χ3n) is 5.18. The number of rotatable bonds is 3. The summed E-state index contributed by atoms with van der Waals surface area (Å²) in [6.45, 7) is 1.90. The van der Waals surface area contributed by atoms with Crippen molar-refractivity contribution in [3.63, 3.8) is 0 Å². The van der Waals surface area contributed by atoms with Crippen molar-refractivity contribution < 1.29 is 4.79 Å². The Morgan fingerprint density at radius 1 is 1.09 bits per heavy atom. The van der Waals surface area contributed by atoms with Crippen LogP contribution in [-0.2, 0) is 10.3 Å². The second kappa shape index (κ2) is 7.01. The zero-order chi connectivity index (χ0) is 15.4. The number of halogens is 1. The van der Waals surface area contributed by atoms with Crippen molar-refractivity contribution >= 4 is 17.5 Å². The molecular weight excluding hydrogens is 296 g/mol. The van der Waals surface area contributed by atoms with Crippen LogP contribution in [0.2, 0.25) is 5.02 Å². The third-order valence-corrected chi connectivity index (χ3v) is 5.43. The fourth-order valence-corrected chi connectivity index (χ4v) is 3.96. The zero-order valence-corrected chi connectivity index (χ0v) is 13.8. The molecular formula is C18H25ClN2O. The molecule has 0 bridgehead atoms. The van der Waals surface area contributed by atoms with Crippen LogP contribution in [0.5, 0.6) is 0 Å². The van der Waals surface area contributed by atoms with Gasteiger partial charge in [-0.25, -0.2) is 0 Å². The fraction of sp³-hybridized carbons (Fsp3) is 0.611. The monoisotopic (exact) mass is 320 g/mol. The van der Waals surface area contributed by atoms with Gasteiger partial charge >= 0.3 is 0 Å². The summed E-state index contributed by atoms with van der Waals surface area (Å²) in [5.41, 5.74) is 1.02. The molecule has 4 heteroatoms. The van der Waals surface area contributed by atoms with Crippen molar-refractivity contribution in [2.24, 2.45) is 5.92 Å². The highest BCUT2D eigenvalue weighted by Crippen LogP contribution is 2.38. The van der Waals surface area contributed by atoms with Crippen LogP contribution in [0.4, 0.5) is 0 Å². The van der Waals surface area contributed by atoms with Crippen LogP contribution in [0.3, 0.4) is 0 Å². The van der Waals surface area contributed by atoms with E-state index >= 15 is 0 Å². The number of hydrogen-bond acceptors (Lipinski definition) is 2. The van der Waals surface area contributed by atoms with Crippen molar-refractivity contribution in [3.8, 4) is 0 Å². The quantitative estimate of drug-likeness (QED) is 0.893. The molecule has 3 nitrogen and oxygen atoms in total. The Morgan fingerprint density at radius 3 is 2.36 bits per heavy atom. The first-order valence-electron chi connectivity index (χ1n) is 8.48. The number of amides is 1.